The lowest BCUT2D eigenvalue weighted by molar-refractivity contribution is -0.139. The number of carboxylic acids is 1. The van der Waals surface area contributed by atoms with E-state index < -0.39 is 12.0 Å². The van der Waals surface area contributed by atoms with Crippen LogP contribution in [0.4, 0.5) is 0 Å². The summed E-state index contributed by atoms with van der Waals surface area (Å²) in [6, 6.07) is 13.0. The summed E-state index contributed by atoms with van der Waals surface area (Å²) in [6.07, 6.45) is 7.73. The predicted molar refractivity (Wildman–Crippen MR) is 130 cm³/mol. The molecule has 1 aliphatic rings. The SMILES string of the molecule is CCCCCCCCOc1ccc(C2N[C@@H](C(=O)O)Cc3c2[nH]c2ccccc32)cc1OC. The Morgan fingerprint density at radius 2 is 1.85 bits per heavy atom. The second kappa shape index (κ2) is 10.8. The van der Waals surface area contributed by atoms with Gasteiger partial charge in [0.1, 0.15) is 6.04 Å². The summed E-state index contributed by atoms with van der Waals surface area (Å²) in [5.74, 6) is 0.537. The highest BCUT2D eigenvalue weighted by atomic mass is 16.5. The van der Waals surface area contributed by atoms with Crippen molar-refractivity contribution in [2.24, 2.45) is 0 Å². The van der Waals surface area contributed by atoms with Crippen LogP contribution < -0.4 is 14.8 Å². The fourth-order valence-corrected chi connectivity index (χ4v) is 4.70. The predicted octanol–water partition coefficient (Wildman–Crippen LogP) is 5.60. The number of rotatable bonds is 11. The average Bonchev–Trinajstić information content (AvgIpc) is 3.21. The maximum atomic E-state index is 11.9. The van der Waals surface area contributed by atoms with Crippen LogP contribution in [0.3, 0.4) is 0 Å². The molecule has 1 aliphatic heterocycles. The molecule has 176 valence electrons. The van der Waals surface area contributed by atoms with Gasteiger partial charge in [-0.1, -0.05) is 63.3 Å². The molecule has 0 amide bonds. The molecule has 3 N–H and O–H groups in total. The van der Waals surface area contributed by atoms with E-state index in [1.165, 1.54) is 32.1 Å². The van der Waals surface area contributed by atoms with Gasteiger partial charge in [0.2, 0.25) is 0 Å². The first-order chi connectivity index (χ1) is 16.1. The molecule has 6 nitrogen and oxygen atoms in total. The van der Waals surface area contributed by atoms with Gasteiger partial charge in [0, 0.05) is 23.0 Å². The Morgan fingerprint density at radius 1 is 1.06 bits per heavy atom. The van der Waals surface area contributed by atoms with Gasteiger partial charge in [-0.05, 0) is 35.7 Å². The zero-order chi connectivity index (χ0) is 23.2. The number of H-pyrrole nitrogens is 1. The lowest BCUT2D eigenvalue weighted by Crippen LogP contribution is -2.44. The number of benzene rings is 2. The highest BCUT2D eigenvalue weighted by Crippen LogP contribution is 2.38. The van der Waals surface area contributed by atoms with Crippen LogP contribution in [0.1, 0.15) is 68.3 Å². The number of unbranched alkanes of at least 4 members (excludes halogenated alkanes) is 5. The van der Waals surface area contributed by atoms with Gasteiger partial charge in [-0.25, -0.2) is 0 Å². The molecule has 4 rings (SSSR count). The van der Waals surface area contributed by atoms with Crippen molar-refractivity contribution in [3.63, 3.8) is 0 Å². The van der Waals surface area contributed by atoms with Crippen molar-refractivity contribution >= 4 is 16.9 Å². The van der Waals surface area contributed by atoms with Crippen LogP contribution in [-0.2, 0) is 11.2 Å². The van der Waals surface area contributed by atoms with E-state index in [2.05, 4.69) is 17.2 Å². The molecule has 2 heterocycles. The van der Waals surface area contributed by atoms with Gasteiger partial charge in [-0.3, -0.25) is 10.1 Å². The van der Waals surface area contributed by atoms with E-state index in [9.17, 15) is 9.90 Å². The van der Waals surface area contributed by atoms with Gasteiger partial charge in [-0.15, -0.1) is 0 Å². The first-order valence-corrected chi connectivity index (χ1v) is 12.0. The van der Waals surface area contributed by atoms with Crippen molar-refractivity contribution in [1.29, 1.82) is 0 Å². The van der Waals surface area contributed by atoms with Crippen LogP contribution in [0.2, 0.25) is 0 Å². The van der Waals surface area contributed by atoms with Crippen LogP contribution >= 0.6 is 0 Å². The smallest absolute Gasteiger partial charge is 0.321 e. The first kappa shape index (κ1) is 23.2. The van der Waals surface area contributed by atoms with Crippen molar-refractivity contribution in [3.8, 4) is 11.5 Å². The molecule has 1 unspecified atom stereocenters. The van der Waals surface area contributed by atoms with Crippen LogP contribution in [0.25, 0.3) is 10.9 Å². The topological polar surface area (TPSA) is 83.6 Å². The van der Waals surface area contributed by atoms with Gasteiger partial charge in [0.25, 0.3) is 0 Å². The summed E-state index contributed by atoms with van der Waals surface area (Å²) in [5.41, 5.74) is 4.03. The number of hydrogen-bond acceptors (Lipinski definition) is 4. The lowest BCUT2D eigenvalue weighted by Gasteiger charge is -2.30. The van der Waals surface area contributed by atoms with Crippen LogP contribution in [0.15, 0.2) is 42.5 Å². The van der Waals surface area contributed by atoms with Crippen molar-refractivity contribution in [3.05, 3.63) is 59.3 Å². The minimum Gasteiger partial charge on any atom is -0.493 e. The summed E-state index contributed by atoms with van der Waals surface area (Å²) >= 11 is 0. The first-order valence-electron chi connectivity index (χ1n) is 12.0. The molecule has 6 heteroatoms. The summed E-state index contributed by atoms with van der Waals surface area (Å²) in [7, 11) is 1.64. The number of fused-ring (bicyclic) bond motifs is 3. The zero-order valence-corrected chi connectivity index (χ0v) is 19.5. The van der Waals surface area contributed by atoms with Crippen molar-refractivity contribution < 1.29 is 19.4 Å². The number of carboxylic acid groups (broad SMARTS) is 1. The van der Waals surface area contributed by atoms with Crippen molar-refractivity contribution in [2.45, 2.75) is 64.0 Å². The van der Waals surface area contributed by atoms with Gasteiger partial charge in [0.05, 0.1) is 19.8 Å². The Labute approximate surface area is 195 Å². The number of nitrogens with one attached hydrogen (secondary N) is 2. The maximum absolute atomic E-state index is 11.9. The van der Waals surface area contributed by atoms with Crippen LogP contribution in [-0.4, -0.2) is 35.8 Å². The largest absolute Gasteiger partial charge is 0.493 e. The third-order valence-corrected chi connectivity index (χ3v) is 6.49. The minimum absolute atomic E-state index is 0.274. The van der Waals surface area contributed by atoms with E-state index in [1.54, 1.807) is 7.11 Å². The van der Waals surface area contributed by atoms with E-state index in [-0.39, 0.29) is 6.04 Å². The van der Waals surface area contributed by atoms with E-state index in [1.807, 2.05) is 42.5 Å². The average molecular weight is 451 g/mol. The third-order valence-electron chi connectivity index (χ3n) is 6.49. The molecule has 0 aliphatic carbocycles. The molecular formula is C27H34N2O4. The Morgan fingerprint density at radius 3 is 2.64 bits per heavy atom. The Kier molecular flexibility index (Phi) is 7.55. The molecule has 0 fully saturated rings. The van der Waals surface area contributed by atoms with Crippen LogP contribution in [0, 0.1) is 0 Å². The maximum Gasteiger partial charge on any atom is 0.321 e. The molecule has 2 atom stereocenters. The highest BCUT2D eigenvalue weighted by Gasteiger charge is 2.34. The van der Waals surface area contributed by atoms with Crippen molar-refractivity contribution in [2.75, 3.05) is 13.7 Å². The molecule has 0 saturated carbocycles. The fourth-order valence-electron chi connectivity index (χ4n) is 4.70. The second-order valence-electron chi connectivity index (χ2n) is 8.78. The molecule has 0 spiro atoms. The standard InChI is InChI=1S/C27H34N2O4/c1-3-4-5-6-7-10-15-33-23-14-13-18(16-24(23)32-2)25-26-20(17-22(29-25)27(30)31)19-11-8-9-12-21(19)28-26/h8-9,11-14,16,22,25,28-29H,3-7,10,15,17H2,1-2H3,(H,30,31)/t22-,25?/m1/s1. The number of aliphatic carboxylic acids is 1. The molecule has 33 heavy (non-hydrogen) atoms. The molecule has 2 aromatic carbocycles. The number of carbonyl (C=O) groups is 1. The molecule has 0 saturated heterocycles. The van der Waals surface area contributed by atoms with Gasteiger partial charge in [-0.2, -0.15) is 0 Å². The normalized spacial score (nSPS) is 17.6. The summed E-state index contributed by atoms with van der Waals surface area (Å²) in [6.45, 7) is 2.89. The van der Waals surface area contributed by atoms with E-state index in [4.69, 9.17) is 9.47 Å². The van der Waals surface area contributed by atoms with Crippen molar-refractivity contribution in [1.82, 2.24) is 10.3 Å². The number of ether oxygens (including phenoxy) is 2. The monoisotopic (exact) mass is 450 g/mol. The lowest BCUT2D eigenvalue weighted by atomic mass is 9.90. The second-order valence-corrected chi connectivity index (χ2v) is 8.78. The highest BCUT2D eigenvalue weighted by molar-refractivity contribution is 5.87. The Bertz CT molecular complexity index is 1090. The Balaban J connectivity index is 1.54. The van der Waals surface area contributed by atoms with Crippen LogP contribution in [0.5, 0.6) is 11.5 Å². The number of aromatic amines is 1. The molecule has 1 aromatic heterocycles. The zero-order valence-electron chi connectivity index (χ0n) is 19.5. The molecule has 0 bridgehead atoms. The van der Waals surface area contributed by atoms with E-state index in [0.29, 0.717) is 18.8 Å². The fraction of sp³-hybridized carbons (Fsp3) is 0.444. The minimum atomic E-state index is -0.846. The Hall–Kier alpha value is -2.99. The van der Waals surface area contributed by atoms with E-state index >= 15 is 0 Å². The number of aromatic nitrogens is 1. The molecule has 3 aromatic rings. The van der Waals surface area contributed by atoms with E-state index in [0.717, 1.165) is 39.9 Å². The third kappa shape index (κ3) is 5.17. The van der Waals surface area contributed by atoms with Gasteiger partial charge < -0.3 is 19.6 Å². The summed E-state index contributed by atoms with van der Waals surface area (Å²) in [5, 5.41) is 14.1. The summed E-state index contributed by atoms with van der Waals surface area (Å²) < 4.78 is 11.6. The molecular weight excluding hydrogens is 416 g/mol. The number of para-hydroxylation sites is 1. The van der Waals surface area contributed by atoms with Gasteiger partial charge in [0.15, 0.2) is 11.5 Å². The van der Waals surface area contributed by atoms with Gasteiger partial charge >= 0.3 is 5.97 Å². The molecule has 0 radical (unpaired) electrons. The number of methoxy groups -OCH3 is 1. The number of hydrogen-bond donors (Lipinski definition) is 3. The quantitative estimate of drug-likeness (QED) is 0.331. The summed E-state index contributed by atoms with van der Waals surface area (Å²) in [4.78, 5) is 15.4.